The molecular weight excluding hydrogens is 814 g/mol. The van der Waals surface area contributed by atoms with Crippen LogP contribution < -0.4 is 29.1 Å². The number of aromatic nitrogens is 1. The Hall–Kier alpha value is -4.80. The van der Waals surface area contributed by atoms with Crippen molar-refractivity contribution in [3.8, 4) is 17.2 Å². The van der Waals surface area contributed by atoms with Gasteiger partial charge in [0, 0.05) is 22.2 Å². The molecule has 2 heterocycles. The van der Waals surface area contributed by atoms with Crippen LogP contribution in [-0.2, 0) is 25.7 Å². The largest absolute Gasteiger partial charge is 0.490 e. The quantitative estimate of drug-likeness (QED) is 0.0921. The number of ether oxygens (including phenoxy) is 5. The van der Waals surface area contributed by atoms with Crippen molar-refractivity contribution >= 4 is 66.9 Å². The lowest BCUT2D eigenvalue weighted by Crippen LogP contribution is -2.40. The molecule has 16 heteroatoms. The van der Waals surface area contributed by atoms with E-state index < -0.39 is 28.5 Å². The van der Waals surface area contributed by atoms with Crippen molar-refractivity contribution in [2.45, 2.75) is 33.4 Å². The lowest BCUT2D eigenvalue weighted by Gasteiger charge is -2.25. The highest BCUT2D eigenvalue weighted by atomic mass is 79.9. The summed E-state index contributed by atoms with van der Waals surface area (Å²) in [6.45, 7) is 5.31. The van der Waals surface area contributed by atoms with Crippen LogP contribution in [0.3, 0.4) is 0 Å². The van der Waals surface area contributed by atoms with E-state index in [1.165, 1.54) is 23.8 Å². The number of hydrogen-bond donors (Lipinski definition) is 0. The second-order valence-corrected chi connectivity index (χ2v) is 13.6. The first-order valence-corrected chi connectivity index (χ1v) is 17.9. The van der Waals surface area contributed by atoms with E-state index in [0.717, 1.165) is 11.3 Å². The molecule has 5 rings (SSSR count). The van der Waals surface area contributed by atoms with Gasteiger partial charge in [-0.15, -0.1) is 0 Å². The minimum absolute atomic E-state index is 0.0313. The molecule has 1 aliphatic heterocycles. The lowest BCUT2D eigenvalue weighted by molar-refractivity contribution is -0.384. The number of carbonyl (C=O) groups excluding carboxylic acids is 2. The number of carbonyl (C=O) groups is 2. The van der Waals surface area contributed by atoms with E-state index in [9.17, 15) is 24.5 Å². The van der Waals surface area contributed by atoms with Crippen molar-refractivity contribution in [2.24, 2.45) is 4.99 Å². The molecule has 3 aromatic carbocycles. The molecular formula is C35H31Br2N3O10S. The van der Waals surface area contributed by atoms with Crippen LogP contribution in [0.2, 0.25) is 0 Å². The van der Waals surface area contributed by atoms with Crippen molar-refractivity contribution < 1.29 is 38.2 Å². The second-order valence-electron chi connectivity index (χ2n) is 10.8. The van der Waals surface area contributed by atoms with Crippen molar-refractivity contribution in [3.63, 3.8) is 0 Å². The number of thiazole rings is 1. The van der Waals surface area contributed by atoms with E-state index in [1.54, 1.807) is 69.3 Å². The van der Waals surface area contributed by atoms with Crippen LogP contribution in [0.15, 0.2) is 84.6 Å². The molecule has 0 saturated heterocycles. The first-order chi connectivity index (χ1) is 24.4. The molecule has 0 spiro atoms. The van der Waals surface area contributed by atoms with Gasteiger partial charge in [0.2, 0.25) is 0 Å². The van der Waals surface area contributed by atoms with Crippen LogP contribution >= 0.6 is 43.2 Å². The molecule has 51 heavy (non-hydrogen) atoms. The smallest absolute Gasteiger partial charge is 0.343 e. The Morgan fingerprint density at radius 1 is 1.02 bits per heavy atom. The molecule has 1 atom stereocenters. The highest BCUT2D eigenvalue weighted by Crippen LogP contribution is 2.37. The first-order valence-electron chi connectivity index (χ1n) is 15.5. The number of methoxy groups -OCH3 is 1. The molecule has 1 aliphatic rings. The van der Waals surface area contributed by atoms with Gasteiger partial charge in [0.25, 0.3) is 11.2 Å². The van der Waals surface area contributed by atoms with Gasteiger partial charge in [-0.25, -0.2) is 14.6 Å². The fourth-order valence-electron chi connectivity index (χ4n) is 5.24. The van der Waals surface area contributed by atoms with Gasteiger partial charge in [-0.3, -0.25) is 19.5 Å². The maximum absolute atomic E-state index is 14.4. The van der Waals surface area contributed by atoms with Gasteiger partial charge in [0.1, 0.15) is 12.4 Å². The zero-order valence-corrected chi connectivity index (χ0v) is 31.8. The summed E-state index contributed by atoms with van der Waals surface area (Å²) in [4.78, 5) is 55.1. The summed E-state index contributed by atoms with van der Waals surface area (Å²) in [6, 6.07) is 13.6. The average molecular weight is 846 g/mol. The van der Waals surface area contributed by atoms with E-state index >= 15 is 0 Å². The molecule has 0 bridgehead atoms. The average Bonchev–Trinajstić information content (AvgIpc) is 3.40. The van der Waals surface area contributed by atoms with E-state index in [1.807, 2.05) is 0 Å². The number of hydrogen-bond acceptors (Lipinski definition) is 12. The Morgan fingerprint density at radius 3 is 2.43 bits per heavy atom. The van der Waals surface area contributed by atoms with Gasteiger partial charge in [-0.1, -0.05) is 33.3 Å². The Kier molecular flexibility index (Phi) is 12.1. The van der Waals surface area contributed by atoms with E-state index in [-0.39, 0.29) is 43.4 Å². The minimum Gasteiger partial charge on any atom is -0.490 e. The van der Waals surface area contributed by atoms with Crippen LogP contribution in [0.4, 0.5) is 5.69 Å². The first kappa shape index (κ1) is 37.5. The molecule has 13 nitrogen and oxygen atoms in total. The summed E-state index contributed by atoms with van der Waals surface area (Å²) in [5.41, 5.74) is 1.90. The standard InChI is InChI=1S/C35H31Br2N3O10S/c1-5-47-27-14-21(9-12-26(27)49-18-29(41)46-4)31-30(34(43)48-6-2)19(3)38-35-39(31)33(42)28(51-35)15-22-13-23(36)16-25(37)32(22)50-17-20-7-10-24(11-8-20)40(44)45/h7-16,31H,5-6,17-18H2,1-4H3/b28-15+/t31-/m1/s1. The highest BCUT2D eigenvalue weighted by molar-refractivity contribution is 9.11. The zero-order chi connectivity index (χ0) is 36.8. The van der Waals surface area contributed by atoms with Crippen molar-refractivity contribution in [1.82, 2.24) is 4.57 Å². The topological polar surface area (TPSA) is 158 Å². The molecule has 0 aliphatic carbocycles. The summed E-state index contributed by atoms with van der Waals surface area (Å²) >= 11 is 8.21. The molecule has 0 radical (unpaired) electrons. The number of allylic oxidation sites excluding steroid dienone is 1. The summed E-state index contributed by atoms with van der Waals surface area (Å²) in [7, 11) is 1.25. The Balaban J connectivity index is 1.62. The maximum Gasteiger partial charge on any atom is 0.343 e. The van der Waals surface area contributed by atoms with Gasteiger partial charge in [-0.2, -0.15) is 0 Å². The molecule has 0 amide bonds. The van der Waals surface area contributed by atoms with Crippen molar-refractivity contribution in [1.29, 1.82) is 0 Å². The van der Waals surface area contributed by atoms with Crippen LogP contribution in [0.5, 0.6) is 17.2 Å². The molecule has 0 saturated carbocycles. The van der Waals surface area contributed by atoms with E-state index in [4.69, 9.17) is 18.9 Å². The van der Waals surface area contributed by atoms with E-state index in [2.05, 4.69) is 41.6 Å². The second kappa shape index (κ2) is 16.5. The number of nitrogens with zero attached hydrogens (tertiary/aromatic N) is 3. The highest BCUT2D eigenvalue weighted by Gasteiger charge is 2.34. The zero-order valence-electron chi connectivity index (χ0n) is 27.8. The van der Waals surface area contributed by atoms with Gasteiger partial charge in [-0.05, 0) is 90.3 Å². The summed E-state index contributed by atoms with van der Waals surface area (Å²) in [5.74, 6) is -0.189. The predicted octanol–water partition coefficient (Wildman–Crippen LogP) is 5.76. The van der Waals surface area contributed by atoms with Gasteiger partial charge < -0.3 is 23.7 Å². The molecule has 0 unspecified atom stereocenters. The number of nitro benzene ring substituents is 1. The normalized spacial score (nSPS) is 14.0. The van der Waals surface area contributed by atoms with E-state index in [0.29, 0.717) is 52.2 Å². The molecule has 4 aromatic rings. The van der Waals surface area contributed by atoms with Crippen molar-refractivity contribution in [3.05, 3.63) is 121 Å². The van der Waals surface area contributed by atoms with Gasteiger partial charge in [0.15, 0.2) is 22.9 Å². The molecule has 266 valence electrons. The Labute approximate surface area is 312 Å². The van der Waals surface area contributed by atoms with Crippen LogP contribution in [-0.4, -0.2) is 48.4 Å². The summed E-state index contributed by atoms with van der Waals surface area (Å²) < 4.78 is 30.8. The predicted molar refractivity (Wildman–Crippen MR) is 195 cm³/mol. The number of halogens is 2. The molecule has 1 aromatic heterocycles. The maximum atomic E-state index is 14.4. The van der Waals surface area contributed by atoms with Gasteiger partial charge in [0.05, 0.1) is 51.6 Å². The van der Waals surface area contributed by atoms with Crippen molar-refractivity contribution in [2.75, 3.05) is 26.9 Å². The van der Waals surface area contributed by atoms with Gasteiger partial charge >= 0.3 is 11.9 Å². The molecule has 0 fully saturated rings. The monoisotopic (exact) mass is 843 g/mol. The third-order valence-electron chi connectivity index (χ3n) is 7.53. The number of rotatable bonds is 13. The summed E-state index contributed by atoms with van der Waals surface area (Å²) in [6.07, 6.45) is 1.68. The SMILES string of the molecule is CCOC(=O)C1=C(C)N=c2s/c(=C/c3cc(Br)cc(Br)c3OCc3ccc([N+](=O)[O-])cc3)c(=O)n2[C@@H]1c1ccc(OCC(=O)OC)c(OCC)c1. The van der Waals surface area contributed by atoms with Crippen LogP contribution in [0.25, 0.3) is 6.08 Å². The third kappa shape index (κ3) is 8.40. The lowest BCUT2D eigenvalue weighted by atomic mass is 9.95. The number of non-ortho nitro benzene ring substituents is 1. The number of fused-ring (bicyclic) bond motifs is 1. The fraction of sp³-hybridized carbons (Fsp3) is 0.257. The molecule has 0 N–H and O–H groups in total. The number of esters is 2. The summed E-state index contributed by atoms with van der Waals surface area (Å²) in [5, 5.41) is 11.1. The minimum atomic E-state index is -0.941. The third-order valence-corrected chi connectivity index (χ3v) is 9.56. The number of benzene rings is 3. The Bertz CT molecular complexity index is 2210. The van der Waals surface area contributed by atoms with Crippen LogP contribution in [0.1, 0.15) is 43.5 Å². The van der Waals surface area contributed by atoms with Crippen LogP contribution in [0, 0.1) is 10.1 Å². The fourth-order valence-corrected chi connectivity index (χ4v) is 7.65. The Morgan fingerprint density at radius 2 is 1.76 bits per heavy atom. The number of nitro groups is 1.